The van der Waals surface area contributed by atoms with Gasteiger partial charge in [0.2, 0.25) is 0 Å². The molecule has 5 nitrogen and oxygen atoms in total. The number of carbonyl (C=O) groups excluding carboxylic acids is 1. The molecular formula is C25H20N2O3S. The normalized spacial score (nSPS) is 10.5. The van der Waals surface area contributed by atoms with Crippen LogP contribution < -0.4 is 15.4 Å². The predicted octanol–water partition coefficient (Wildman–Crippen LogP) is 5.25. The average molecular weight is 429 g/mol. The Bertz CT molecular complexity index is 1220. The number of phenolic OH excluding ortho intramolecular Hbond substituents is 1. The Hall–Kier alpha value is -3.90. The van der Waals surface area contributed by atoms with Gasteiger partial charge in [-0.05, 0) is 71.7 Å². The topological polar surface area (TPSA) is 70.6 Å². The highest BCUT2D eigenvalue weighted by Gasteiger charge is 2.10. The Kier molecular flexibility index (Phi) is 6.10. The quantitative estimate of drug-likeness (QED) is 0.379. The van der Waals surface area contributed by atoms with E-state index >= 15 is 0 Å². The zero-order valence-corrected chi connectivity index (χ0v) is 17.4. The molecule has 31 heavy (non-hydrogen) atoms. The molecule has 0 radical (unpaired) electrons. The molecule has 0 aliphatic heterocycles. The minimum Gasteiger partial charge on any atom is -0.508 e. The summed E-state index contributed by atoms with van der Waals surface area (Å²) in [4.78, 5) is 12.5. The van der Waals surface area contributed by atoms with Gasteiger partial charge in [-0.2, -0.15) is 0 Å². The van der Waals surface area contributed by atoms with Gasteiger partial charge in [0.25, 0.3) is 5.91 Å². The molecule has 0 heterocycles. The van der Waals surface area contributed by atoms with Gasteiger partial charge in [-0.25, -0.2) is 0 Å². The van der Waals surface area contributed by atoms with Crippen molar-refractivity contribution < 1.29 is 14.6 Å². The molecule has 0 bridgehead atoms. The highest BCUT2D eigenvalue weighted by atomic mass is 32.1. The van der Waals surface area contributed by atoms with Crippen molar-refractivity contribution in [2.45, 2.75) is 6.61 Å². The van der Waals surface area contributed by atoms with Crippen molar-refractivity contribution in [3.05, 3.63) is 102 Å². The zero-order chi connectivity index (χ0) is 21.6. The van der Waals surface area contributed by atoms with Crippen molar-refractivity contribution in [3.8, 4) is 11.5 Å². The van der Waals surface area contributed by atoms with Gasteiger partial charge < -0.3 is 15.2 Å². The molecule has 1 amide bonds. The Balaban J connectivity index is 1.36. The van der Waals surface area contributed by atoms with Crippen LogP contribution in [-0.2, 0) is 6.61 Å². The van der Waals surface area contributed by atoms with Crippen molar-refractivity contribution in [1.82, 2.24) is 5.32 Å². The molecule has 3 N–H and O–H groups in total. The van der Waals surface area contributed by atoms with E-state index in [0.717, 1.165) is 22.0 Å². The Morgan fingerprint density at radius 2 is 1.68 bits per heavy atom. The van der Waals surface area contributed by atoms with E-state index in [9.17, 15) is 9.90 Å². The largest absolute Gasteiger partial charge is 0.508 e. The summed E-state index contributed by atoms with van der Waals surface area (Å²) < 4.78 is 5.75. The highest BCUT2D eigenvalue weighted by molar-refractivity contribution is 7.80. The van der Waals surface area contributed by atoms with Gasteiger partial charge in [0, 0.05) is 16.6 Å². The van der Waals surface area contributed by atoms with Crippen LogP contribution in [0, 0.1) is 0 Å². The Morgan fingerprint density at radius 1 is 0.903 bits per heavy atom. The highest BCUT2D eigenvalue weighted by Crippen LogP contribution is 2.26. The summed E-state index contributed by atoms with van der Waals surface area (Å²) in [7, 11) is 0. The van der Waals surface area contributed by atoms with Crippen LogP contribution in [0.2, 0.25) is 0 Å². The second kappa shape index (κ2) is 9.28. The molecular weight excluding hydrogens is 408 g/mol. The third-order valence-electron chi connectivity index (χ3n) is 4.70. The number of fused-ring (bicyclic) bond motifs is 1. The number of benzene rings is 4. The third-order valence-corrected chi connectivity index (χ3v) is 4.91. The van der Waals surface area contributed by atoms with Crippen LogP contribution in [0.1, 0.15) is 15.9 Å². The summed E-state index contributed by atoms with van der Waals surface area (Å²) in [6, 6.07) is 27.4. The molecule has 0 aliphatic rings. The summed E-state index contributed by atoms with van der Waals surface area (Å²) in [5, 5.41) is 17.3. The third kappa shape index (κ3) is 5.18. The lowest BCUT2D eigenvalue weighted by Gasteiger charge is -2.12. The van der Waals surface area contributed by atoms with Crippen molar-refractivity contribution in [2.24, 2.45) is 0 Å². The SMILES string of the molecule is O=C(NC(=S)Nc1cccc2cc(O)ccc12)c1ccc(OCc2ccccc2)cc1. The number of thiocarbonyl (C=S) groups is 1. The van der Waals surface area contributed by atoms with Gasteiger partial charge in [-0.3, -0.25) is 10.1 Å². The minimum absolute atomic E-state index is 0.190. The van der Waals surface area contributed by atoms with Crippen LogP contribution in [0.15, 0.2) is 91.0 Å². The first-order valence-corrected chi connectivity index (χ1v) is 10.1. The molecule has 0 fully saturated rings. The van der Waals surface area contributed by atoms with Crippen molar-refractivity contribution in [3.63, 3.8) is 0 Å². The lowest BCUT2D eigenvalue weighted by Crippen LogP contribution is -2.34. The maximum absolute atomic E-state index is 12.5. The van der Waals surface area contributed by atoms with Gasteiger partial charge in [0.05, 0.1) is 0 Å². The first-order chi connectivity index (χ1) is 15.1. The van der Waals surface area contributed by atoms with Crippen LogP contribution in [0.25, 0.3) is 10.8 Å². The summed E-state index contributed by atoms with van der Waals surface area (Å²) in [5.74, 6) is 0.557. The van der Waals surface area contributed by atoms with E-state index in [-0.39, 0.29) is 16.8 Å². The molecule has 0 aromatic heterocycles. The molecule has 0 atom stereocenters. The van der Waals surface area contributed by atoms with Crippen LogP contribution in [0.3, 0.4) is 0 Å². The summed E-state index contributed by atoms with van der Waals surface area (Å²) in [5.41, 5.74) is 2.29. The van der Waals surface area contributed by atoms with E-state index in [1.807, 2.05) is 48.5 Å². The number of phenols is 1. The standard InChI is InChI=1S/C25H20N2O3S/c28-20-11-14-22-19(15-20)7-4-8-23(22)26-25(31)27-24(29)18-9-12-21(13-10-18)30-16-17-5-2-1-3-6-17/h1-15,28H,16H2,(H2,26,27,29,31). The molecule has 6 heteroatoms. The van der Waals surface area contributed by atoms with Gasteiger partial charge in [0.15, 0.2) is 5.11 Å². The van der Waals surface area contributed by atoms with Crippen molar-refractivity contribution in [1.29, 1.82) is 0 Å². The number of hydrogen-bond donors (Lipinski definition) is 3. The Labute approximate surface area is 185 Å². The number of rotatable bonds is 5. The van der Waals surface area contributed by atoms with Gasteiger partial charge >= 0.3 is 0 Å². The monoisotopic (exact) mass is 428 g/mol. The summed E-state index contributed by atoms with van der Waals surface area (Å²) in [6.45, 7) is 0.462. The number of aromatic hydroxyl groups is 1. The molecule has 0 aliphatic carbocycles. The fraction of sp³-hybridized carbons (Fsp3) is 0.0400. The fourth-order valence-electron chi connectivity index (χ4n) is 3.15. The number of ether oxygens (including phenoxy) is 1. The Morgan fingerprint density at radius 3 is 2.45 bits per heavy atom. The van der Waals surface area contributed by atoms with Crippen LogP contribution in [0.4, 0.5) is 5.69 Å². The number of hydrogen-bond acceptors (Lipinski definition) is 4. The summed E-state index contributed by atoms with van der Waals surface area (Å²) in [6.07, 6.45) is 0. The second-order valence-electron chi connectivity index (χ2n) is 6.92. The predicted molar refractivity (Wildman–Crippen MR) is 127 cm³/mol. The van der Waals surface area contributed by atoms with E-state index in [4.69, 9.17) is 17.0 Å². The smallest absolute Gasteiger partial charge is 0.257 e. The number of amides is 1. The van der Waals surface area contributed by atoms with E-state index < -0.39 is 0 Å². The van der Waals surface area contributed by atoms with Crippen LogP contribution in [0.5, 0.6) is 11.5 Å². The van der Waals surface area contributed by atoms with Gasteiger partial charge in [-0.15, -0.1) is 0 Å². The molecule has 0 saturated heterocycles. The molecule has 154 valence electrons. The van der Waals surface area contributed by atoms with Gasteiger partial charge in [0.1, 0.15) is 18.1 Å². The summed E-state index contributed by atoms with van der Waals surface area (Å²) >= 11 is 5.31. The molecule has 0 saturated carbocycles. The number of carbonyl (C=O) groups is 1. The van der Waals surface area contributed by atoms with E-state index in [0.29, 0.717) is 17.9 Å². The number of anilines is 1. The molecule has 4 rings (SSSR count). The minimum atomic E-state index is -0.315. The molecule has 4 aromatic carbocycles. The zero-order valence-electron chi connectivity index (χ0n) is 16.5. The molecule has 0 spiro atoms. The fourth-order valence-corrected chi connectivity index (χ4v) is 3.36. The van der Waals surface area contributed by atoms with E-state index in [1.54, 1.807) is 42.5 Å². The molecule has 4 aromatic rings. The lowest BCUT2D eigenvalue weighted by atomic mass is 10.1. The maximum atomic E-state index is 12.5. The van der Waals surface area contributed by atoms with E-state index in [2.05, 4.69) is 10.6 Å². The second-order valence-corrected chi connectivity index (χ2v) is 7.33. The average Bonchev–Trinajstić information content (AvgIpc) is 2.78. The van der Waals surface area contributed by atoms with Crippen molar-refractivity contribution in [2.75, 3.05) is 5.32 Å². The first kappa shape index (κ1) is 20.4. The first-order valence-electron chi connectivity index (χ1n) is 9.69. The van der Waals surface area contributed by atoms with Gasteiger partial charge in [-0.1, -0.05) is 42.5 Å². The lowest BCUT2D eigenvalue weighted by molar-refractivity contribution is 0.0977. The van der Waals surface area contributed by atoms with Crippen LogP contribution >= 0.6 is 12.2 Å². The van der Waals surface area contributed by atoms with Crippen molar-refractivity contribution >= 4 is 39.7 Å². The number of nitrogens with one attached hydrogen (secondary N) is 2. The van der Waals surface area contributed by atoms with Crippen LogP contribution in [-0.4, -0.2) is 16.1 Å². The maximum Gasteiger partial charge on any atom is 0.257 e. The van der Waals surface area contributed by atoms with E-state index in [1.165, 1.54) is 0 Å². The molecule has 0 unspecified atom stereocenters.